The lowest BCUT2D eigenvalue weighted by Gasteiger charge is -2.08. The number of nitrogens with zero attached hydrogens (tertiary/aromatic N) is 2. The maximum absolute atomic E-state index is 13.9. The van der Waals surface area contributed by atoms with Gasteiger partial charge in [-0.15, -0.1) is 0 Å². The van der Waals surface area contributed by atoms with E-state index in [1.807, 2.05) is 0 Å². The Balaban J connectivity index is 3.29. The Hall–Kier alpha value is -2.71. The van der Waals surface area contributed by atoms with Gasteiger partial charge in [0.1, 0.15) is 5.56 Å². The van der Waals surface area contributed by atoms with Crippen LogP contribution < -0.4 is 0 Å². The molecule has 0 amide bonds. The molecule has 0 bridgehead atoms. The van der Waals surface area contributed by atoms with E-state index in [4.69, 9.17) is 0 Å². The van der Waals surface area contributed by atoms with Gasteiger partial charge in [0.25, 0.3) is 0 Å². The first-order valence-electron chi connectivity index (χ1n) is 6.29. The van der Waals surface area contributed by atoms with Crippen LogP contribution in [0.1, 0.15) is 30.6 Å². The molecule has 0 aromatic heterocycles. The number of ketones is 2. The van der Waals surface area contributed by atoms with E-state index in [0.29, 0.717) is 0 Å². The minimum Gasteiger partial charge on any atom is -0.296 e. The van der Waals surface area contributed by atoms with Crippen LogP contribution in [-0.4, -0.2) is 27.6 Å². The van der Waals surface area contributed by atoms with Crippen molar-refractivity contribution in [2.75, 3.05) is 0 Å². The van der Waals surface area contributed by atoms with Gasteiger partial charge >= 0.3 is 11.4 Å². The topological polar surface area (TPSA) is 120 Å². The summed E-state index contributed by atoms with van der Waals surface area (Å²) in [4.78, 5) is 43.1. The number of nitro benzene ring substituents is 2. The Morgan fingerprint density at radius 3 is 2.23 bits per heavy atom. The number of alkyl halides is 1. The van der Waals surface area contributed by atoms with Gasteiger partial charge in [-0.05, 0) is 12.0 Å². The fraction of sp³-hybridized carbons (Fsp3) is 0.385. The third kappa shape index (κ3) is 3.68. The van der Waals surface area contributed by atoms with Crippen molar-refractivity contribution < 1.29 is 23.8 Å². The molecule has 0 spiro atoms. The number of para-hydroxylation sites is 1. The highest BCUT2D eigenvalue weighted by molar-refractivity contribution is 6.15. The minimum atomic E-state index is -2.58. The number of carbonyl (C=O) groups is 2. The summed E-state index contributed by atoms with van der Waals surface area (Å²) in [6.45, 7) is 3.29. The molecule has 22 heavy (non-hydrogen) atoms. The van der Waals surface area contributed by atoms with Crippen LogP contribution in [0.5, 0.6) is 0 Å². The van der Waals surface area contributed by atoms with Gasteiger partial charge in [0.15, 0.2) is 5.78 Å². The van der Waals surface area contributed by atoms with Gasteiger partial charge in [0.05, 0.1) is 9.85 Å². The normalized spacial score (nSPS) is 12.0. The molecule has 1 atom stereocenters. The third-order valence-corrected chi connectivity index (χ3v) is 2.78. The molecule has 0 heterocycles. The minimum absolute atomic E-state index is 0.196. The Bertz CT molecular complexity index is 643. The van der Waals surface area contributed by atoms with E-state index in [1.54, 1.807) is 13.8 Å². The zero-order valence-corrected chi connectivity index (χ0v) is 11.8. The molecule has 0 aliphatic heterocycles. The lowest BCUT2D eigenvalue weighted by Crippen LogP contribution is -2.27. The number of hydrogen-bond donors (Lipinski definition) is 0. The van der Waals surface area contributed by atoms with Crippen molar-refractivity contribution in [1.29, 1.82) is 0 Å². The SMILES string of the molecule is CC(C)CC(=O)C(F)C(=O)c1cccc([N+](=O)[O-])c1[N+](=O)[O-]. The molecule has 0 radical (unpaired) electrons. The van der Waals surface area contributed by atoms with E-state index in [1.165, 1.54) is 0 Å². The Kier molecular flexibility index (Phi) is 5.39. The summed E-state index contributed by atoms with van der Waals surface area (Å²) >= 11 is 0. The van der Waals surface area contributed by atoms with Crippen LogP contribution in [0.3, 0.4) is 0 Å². The zero-order chi connectivity index (χ0) is 17.0. The number of benzene rings is 1. The number of halogens is 1. The molecule has 0 saturated heterocycles. The monoisotopic (exact) mass is 312 g/mol. The lowest BCUT2D eigenvalue weighted by atomic mass is 9.97. The first-order valence-corrected chi connectivity index (χ1v) is 6.29. The van der Waals surface area contributed by atoms with E-state index in [-0.39, 0.29) is 12.3 Å². The van der Waals surface area contributed by atoms with Crippen molar-refractivity contribution in [2.45, 2.75) is 26.4 Å². The van der Waals surface area contributed by atoms with Gasteiger partial charge in [-0.2, -0.15) is 0 Å². The summed E-state index contributed by atoms with van der Waals surface area (Å²) in [6.07, 6.45) is -2.79. The van der Waals surface area contributed by atoms with E-state index in [9.17, 15) is 34.2 Å². The van der Waals surface area contributed by atoms with Crippen molar-refractivity contribution in [2.24, 2.45) is 5.92 Å². The van der Waals surface area contributed by atoms with Crippen LogP contribution in [0.25, 0.3) is 0 Å². The number of carbonyl (C=O) groups excluding carboxylic acids is 2. The molecular weight excluding hydrogens is 299 g/mol. The van der Waals surface area contributed by atoms with Gasteiger partial charge < -0.3 is 0 Å². The summed E-state index contributed by atoms with van der Waals surface area (Å²) < 4.78 is 13.9. The van der Waals surface area contributed by atoms with Crippen molar-refractivity contribution in [3.63, 3.8) is 0 Å². The highest BCUT2D eigenvalue weighted by Crippen LogP contribution is 2.31. The van der Waals surface area contributed by atoms with Crippen molar-refractivity contribution in [3.8, 4) is 0 Å². The van der Waals surface area contributed by atoms with Gasteiger partial charge in [0, 0.05) is 12.5 Å². The van der Waals surface area contributed by atoms with Crippen LogP contribution in [0.2, 0.25) is 0 Å². The molecule has 1 aromatic carbocycles. The second-order valence-electron chi connectivity index (χ2n) is 4.98. The van der Waals surface area contributed by atoms with E-state index >= 15 is 0 Å². The molecule has 1 rings (SSSR count). The molecule has 8 nitrogen and oxygen atoms in total. The summed E-state index contributed by atoms with van der Waals surface area (Å²) in [5, 5.41) is 21.7. The average molecular weight is 312 g/mol. The zero-order valence-electron chi connectivity index (χ0n) is 11.8. The maximum Gasteiger partial charge on any atom is 0.356 e. The number of rotatable bonds is 7. The first kappa shape index (κ1) is 17.3. The third-order valence-electron chi connectivity index (χ3n) is 2.78. The molecule has 1 unspecified atom stereocenters. The summed E-state index contributed by atoms with van der Waals surface area (Å²) in [5.74, 6) is -2.65. The molecule has 118 valence electrons. The Morgan fingerprint density at radius 1 is 1.18 bits per heavy atom. The molecular formula is C13H13FN2O6. The van der Waals surface area contributed by atoms with Crippen LogP contribution in [0.4, 0.5) is 15.8 Å². The molecule has 1 aromatic rings. The largest absolute Gasteiger partial charge is 0.356 e. The van der Waals surface area contributed by atoms with Crippen LogP contribution in [0, 0.1) is 26.1 Å². The number of Topliss-reactive ketones (excluding diaryl/α,β-unsaturated/α-hetero) is 2. The lowest BCUT2D eigenvalue weighted by molar-refractivity contribution is -0.422. The van der Waals surface area contributed by atoms with Gasteiger partial charge in [0.2, 0.25) is 12.0 Å². The van der Waals surface area contributed by atoms with Crippen LogP contribution in [0.15, 0.2) is 18.2 Å². The predicted molar refractivity (Wildman–Crippen MR) is 73.4 cm³/mol. The number of nitro groups is 2. The van der Waals surface area contributed by atoms with Gasteiger partial charge in [-0.3, -0.25) is 29.8 Å². The predicted octanol–water partition coefficient (Wildman–Crippen LogP) is 2.64. The summed E-state index contributed by atoms with van der Waals surface area (Å²) in [6, 6.07) is 2.75. The molecule has 0 saturated carbocycles. The molecule has 0 aliphatic carbocycles. The second-order valence-corrected chi connectivity index (χ2v) is 4.98. The van der Waals surface area contributed by atoms with Crippen LogP contribution in [-0.2, 0) is 4.79 Å². The van der Waals surface area contributed by atoms with E-state index in [0.717, 1.165) is 18.2 Å². The van der Waals surface area contributed by atoms with Crippen molar-refractivity contribution >= 4 is 22.9 Å². The van der Waals surface area contributed by atoms with Gasteiger partial charge in [-0.25, -0.2) is 4.39 Å². The highest BCUT2D eigenvalue weighted by Gasteiger charge is 2.36. The van der Waals surface area contributed by atoms with E-state index < -0.39 is 44.5 Å². The average Bonchev–Trinajstić information content (AvgIpc) is 2.43. The molecule has 0 fully saturated rings. The van der Waals surface area contributed by atoms with Gasteiger partial charge in [-0.1, -0.05) is 19.9 Å². The first-order chi connectivity index (χ1) is 10.2. The maximum atomic E-state index is 13.9. The fourth-order valence-corrected chi connectivity index (χ4v) is 1.86. The fourth-order valence-electron chi connectivity index (χ4n) is 1.86. The Labute approximate surface area is 124 Å². The number of hydrogen-bond acceptors (Lipinski definition) is 6. The highest BCUT2D eigenvalue weighted by atomic mass is 19.1. The molecule has 0 N–H and O–H groups in total. The van der Waals surface area contributed by atoms with Crippen molar-refractivity contribution in [1.82, 2.24) is 0 Å². The smallest absolute Gasteiger partial charge is 0.296 e. The van der Waals surface area contributed by atoms with Crippen molar-refractivity contribution in [3.05, 3.63) is 44.0 Å². The quantitative estimate of drug-likeness (QED) is 0.330. The second kappa shape index (κ2) is 6.83. The molecule has 0 aliphatic rings. The standard InChI is InChI=1S/C13H13FN2O6/c1-7(2)6-10(17)11(14)13(18)8-4-3-5-9(15(19)20)12(8)16(21)22/h3-5,7,11H,6H2,1-2H3. The summed E-state index contributed by atoms with van der Waals surface area (Å²) in [5.41, 5.74) is -2.83. The molecule has 9 heteroatoms. The summed E-state index contributed by atoms with van der Waals surface area (Å²) in [7, 11) is 0. The van der Waals surface area contributed by atoms with E-state index in [2.05, 4.69) is 0 Å². The van der Waals surface area contributed by atoms with Crippen LogP contribution >= 0.6 is 0 Å². The Morgan fingerprint density at radius 2 is 1.77 bits per heavy atom.